The van der Waals surface area contributed by atoms with Crippen molar-refractivity contribution < 1.29 is 4.79 Å². The third kappa shape index (κ3) is 7.58. The third-order valence-corrected chi connectivity index (χ3v) is 1.68. The van der Waals surface area contributed by atoms with Crippen molar-refractivity contribution in [1.29, 1.82) is 0 Å². The summed E-state index contributed by atoms with van der Waals surface area (Å²) in [4.78, 5) is 10.9. The van der Waals surface area contributed by atoms with Crippen LogP contribution in [0.25, 0.3) is 0 Å². The van der Waals surface area contributed by atoms with Gasteiger partial charge in [-0.15, -0.1) is 0 Å². The predicted octanol–water partition coefficient (Wildman–Crippen LogP) is 2.58. The SMILES string of the molecule is CC.CCCCC(C)C(=O)NC. The van der Waals surface area contributed by atoms with Crippen LogP contribution in [-0.2, 0) is 4.79 Å². The summed E-state index contributed by atoms with van der Waals surface area (Å²) in [7, 11) is 1.69. The second kappa shape index (κ2) is 10.5. The van der Waals surface area contributed by atoms with Gasteiger partial charge >= 0.3 is 0 Å². The van der Waals surface area contributed by atoms with Crippen LogP contribution < -0.4 is 5.32 Å². The summed E-state index contributed by atoms with van der Waals surface area (Å²) in [5.74, 6) is 0.346. The smallest absolute Gasteiger partial charge is 0.222 e. The van der Waals surface area contributed by atoms with Gasteiger partial charge in [-0.2, -0.15) is 0 Å². The standard InChI is InChI=1S/C8H17NO.C2H6/c1-4-5-6-7(2)8(10)9-3;1-2/h7H,4-6H2,1-3H3,(H,9,10);1-2H3. The molecule has 1 atom stereocenters. The monoisotopic (exact) mass is 173 g/mol. The molecule has 0 aliphatic carbocycles. The van der Waals surface area contributed by atoms with Crippen LogP contribution in [0.5, 0.6) is 0 Å². The fourth-order valence-electron chi connectivity index (χ4n) is 0.888. The lowest BCUT2D eigenvalue weighted by molar-refractivity contribution is -0.124. The van der Waals surface area contributed by atoms with Gasteiger partial charge in [0.25, 0.3) is 0 Å². The number of unbranched alkanes of at least 4 members (excludes halogenated alkanes) is 1. The molecular formula is C10H23NO. The van der Waals surface area contributed by atoms with Gasteiger partial charge in [-0.05, 0) is 6.42 Å². The molecule has 12 heavy (non-hydrogen) atoms. The Morgan fingerprint density at radius 2 is 1.92 bits per heavy atom. The van der Waals surface area contributed by atoms with E-state index in [0.29, 0.717) is 0 Å². The third-order valence-electron chi connectivity index (χ3n) is 1.68. The van der Waals surface area contributed by atoms with Gasteiger partial charge in [-0.1, -0.05) is 40.5 Å². The summed E-state index contributed by atoms with van der Waals surface area (Å²) in [6.45, 7) is 8.10. The minimum Gasteiger partial charge on any atom is -0.359 e. The van der Waals surface area contributed by atoms with Crippen LogP contribution >= 0.6 is 0 Å². The molecule has 1 amide bonds. The maximum atomic E-state index is 10.9. The van der Waals surface area contributed by atoms with Gasteiger partial charge in [0.05, 0.1) is 0 Å². The summed E-state index contributed by atoms with van der Waals surface area (Å²) >= 11 is 0. The molecule has 0 fully saturated rings. The fraction of sp³-hybridized carbons (Fsp3) is 0.900. The van der Waals surface area contributed by atoms with Crippen LogP contribution in [0.1, 0.15) is 47.0 Å². The quantitative estimate of drug-likeness (QED) is 0.695. The fourth-order valence-corrected chi connectivity index (χ4v) is 0.888. The second-order valence-electron chi connectivity index (χ2n) is 2.66. The van der Waals surface area contributed by atoms with Crippen molar-refractivity contribution in [2.45, 2.75) is 47.0 Å². The molecule has 0 aromatic carbocycles. The van der Waals surface area contributed by atoms with E-state index in [9.17, 15) is 4.79 Å². The zero-order valence-corrected chi connectivity index (χ0v) is 9.11. The van der Waals surface area contributed by atoms with Crippen LogP contribution in [-0.4, -0.2) is 13.0 Å². The normalized spacial score (nSPS) is 11.1. The van der Waals surface area contributed by atoms with Crippen molar-refractivity contribution in [2.24, 2.45) is 5.92 Å². The molecule has 0 bridgehead atoms. The molecular weight excluding hydrogens is 150 g/mol. The number of amides is 1. The molecule has 0 aromatic heterocycles. The van der Waals surface area contributed by atoms with Gasteiger partial charge < -0.3 is 5.32 Å². The molecule has 0 rings (SSSR count). The number of hydrogen-bond acceptors (Lipinski definition) is 1. The first kappa shape index (κ1) is 14.0. The highest BCUT2D eigenvalue weighted by Crippen LogP contribution is 2.06. The number of carbonyl (C=O) groups excluding carboxylic acids is 1. The molecule has 0 saturated carbocycles. The zero-order valence-electron chi connectivity index (χ0n) is 9.11. The van der Waals surface area contributed by atoms with Crippen molar-refractivity contribution in [3.63, 3.8) is 0 Å². The van der Waals surface area contributed by atoms with Crippen molar-refractivity contribution in [3.05, 3.63) is 0 Å². The largest absolute Gasteiger partial charge is 0.359 e. The maximum Gasteiger partial charge on any atom is 0.222 e. The van der Waals surface area contributed by atoms with E-state index in [1.54, 1.807) is 7.05 Å². The highest BCUT2D eigenvalue weighted by atomic mass is 16.1. The van der Waals surface area contributed by atoms with Crippen molar-refractivity contribution in [1.82, 2.24) is 5.32 Å². The summed E-state index contributed by atoms with van der Waals surface area (Å²) in [6.07, 6.45) is 3.33. The van der Waals surface area contributed by atoms with Crippen molar-refractivity contribution in [3.8, 4) is 0 Å². The highest BCUT2D eigenvalue weighted by Gasteiger charge is 2.08. The maximum absolute atomic E-state index is 10.9. The Kier molecular flexibility index (Phi) is 12.2. The van der Waals surface area contributed by atoms with E-state index in [1.165, 1.54) is 6.42 Å². The van der Waals surface area contributed by atoms with Crippen molar-refractivity contribution in [2.75, 3.05) is 7.05 Å². The van der Waals surface area contributed by atoms with E-state index >= 15 is 0 Å². The highest BCUT2D eigenvalue weighted by molar-refractivity contribution is 5.77. The average molecular weight is 173 g/mol. The topological polar surface area (TPSA) is 29.1 Å². The van der Waals surface area contributed by atoms with E-state index in [1.807, 2.05) is 20.8 Å². The van der Waals surface area contributed by atoms with Crippen LogP contribution in [0.2, 0.25) is 0 Å². The molecule has 2 heteroatoms. The Morgan fingerprint density at radius 1 is 1.42 bits per heavy atom. The second-order valence-corrected chi connectivity index (χ2v) is 2.66. The minimum absolute atomic E-state index is 0.161. The lowest BCUT2D eigenvalue weighted by Gasteiger charge is -2.07. The number of hydrogen-bond donors (Lipinski definition) is 1. The van der Waals surface area contributed by atoms with Crippen LogP contribution in [0, 0.1) is 5.92 Å². The Hall–Kier alpha value is -0.530. The van der Waals surface area contributed by atoms with E-state index in [0.717, 1.165) is 12.8 Å². The molecule has 0 spiro atoms. The Bertz CT molecular complexity index is 102. The van der Waals surface area contributed by atoms with E-state index in [-0.39, 0.29) is 11.8 Å². The van der Waals surface area contributed by atoms with Gasteiger partial charge in [0.15, 0.2) is 0 Å². The summed E-state index contributed by atoms with van der Waals surface area (Å²) < 4.78 is 0. The summed E-state index contributed by atoms with van der Waals surface area (Å²) in [5.41, 5.74) is 0. The number of rotatable bonds is 4. The first-order valence-electron chi connectivity index (χ1n) is 4.94. The Morgan fingerprint density at radius 3 is 2.25 bits per heavy atom. The lowest BCUT2D eigenvalue weighted by Crippen LogP contribution is -2.25. The molecule has 1 unspecified atom stereocenters. The van der Waals surface area contributed by atoms with E-state index < -0.39 is 0 Å². The molecule has 0 aliphatic heterocycles. The molecule has 0 aliphatic rings. The number of nitrogens with one attached hydrogen (secondary N) is 1. The molecule has 0 radical (unpaired) electrons. The molecule has 2 nitrogen and oxygen atoms in total. The zero-order chi connectivity index (χ0) is 9.98. The van der Waals surface area contributed by atoms with Gasteiger partial charge in [0, 0.05) is 13.0 Å². The van der Waals surface area contributed by atoms with Crippen molar-refractivity contribution >= 4 is 5.91 Å². The Labute approximate surface area is 76.7 Å². The summed E-state index contributed by atoms with van der Waals surface area (Å²) in [5, 5.41) is 2.63. The first-order chi connectivity index (χ1) is 5.72. The predicted molar refractivity (Wildman–Crippen MR) is 54.1 cm³/mol. The average Bonchev–Trinajstić information content (AvgIpc) is 2.16. The van der Waals surface area contributed by atoms with Gasteiger partial charge in [0.2, 0.25) is 5.91 Å². The summed E-state index contributed by atoms with van der Waals surface area (Å²) in [6, 6.07) is 0. The Balaban J connectivity index is 0. The molecule has 0 saturated heterocycles. The van der Waals surface area contributed by atoms with Crippen LogP contribution in [0.4, 0.5) is 0 Å². The molecule has 0 heterocycles. The van der Waals surface area contributed by atoms with Gasteiger partial charge in [-0.25, -0.2) is 0 Å². The van der Waals surface area contributed by atoms with Gasteiger partial charge in [0.1, 0.15) is 0 Å². The number of carbonyl (C=O) groups is 1. The van der Waals surface area contributed by atoms with Gasteiger partial charge in [-0.3, -0.25) is 4.79 Å². The first-order valence-corrected chi connectivity index (χ1v) is 4.94. The lowest BCUT2D eigenvalue weighted by atomic mass is 10.0. The van der Waals surface area contributed by atoms with Crippen LogP contribution in [0.15, 0.2) is 0 Å². The van der Waals surface area contributed by atoms with E-state index in [4.69, 9.17) is 0 Å². The molecule has 74 valence electrons. The molecule has 0 aromatic rings. The molecule has 1 N–H and O–H groups in total. The van der Waals surface area contributed by atoms with Crippen LogP contribution in [0.3, 0.4) is 0 Å². The minimum atomic E-state index is 0.161. The van der Waals surface area contributed by atoms with E-state index in [2.05, 4.69) is 12.2 Å².